The van der Waals surface area contributed by atoms with Crippen LogP contribution in [0.25, 0.3) is 0 Å². The number of hydrogen-bond acceptors (Lipinski definition) is 5. The summed E-state index contributed by atoms with van der Waals surface area (Å²) in [5.41, 5.74) is 2.13. The molecule has 1 aliphatic heterocycles. The molecule has 27 heavy (non-hydrogen) atoms. The van der Waals surface area contributed by atoms with Crippen molar-refractivity contribution in [2.45, 2.75) is 25.4 Å². The summed E-state index contributed by atoms with van der Waals surface area (Å²) in [6, 6.07) is 8.37. The van der Waals surface area contributed by atoms with Crippen LogP contribution in [0.4, 0.5) is 10.8 Å². The van der Waals surface area contributed by atoms with Gasteiger partial charge in [0.15, 0.2) is 11.1 Å². The van der Waals surface area contributed by atoms with Crippen LogP contribution in [-0.4, -0.2) is 51.2 Å². The van der Waals surface area contributed by atoms with Crippen molar-refractivity contribution in [3.05, 3.63) is 40.4 Å². The van der Waals surface area contributed by atoms with Gasteiger partial charge in [0.25, 0.3) is 0 Å². The average molecular weight is 407 g/mol. The van der Waals surface area contributed by atoms with E-state index in [9.17, 15) is 0 Å². The molecule has 0 amide bonds. The van der Waals surface area contributed by atoms with Gasteiger partial charge in [0, 0.05) is 45.7 Å². The van der Waals surface area contributed by atoms with E-state index in [1.807, 2.05) is 37.2 Å². The number of nitrogens with one attached hydrogen (secondary N) is 2. The lowest BCUT2D eigenvalue weighted by Crippen LogP contribution is -2.51. The Bertz CT molecular complexity index is 775. The zero-order valence-electron chi connectivity index (χ0n) is 16.1. The Balaban J connectivity index is 1.55. The number of aromatic nitrogens is 1. The van der Waals surface area contributed by atoms with Crippen LogP contribution in [0.1, 0.15) is 18.5 Å². The van der Waals surface area contributed by atoms with Gasteiger partial charge in [-0.2, -0.15) is 0 Å². The smallest absolute Gasteiger partial charge is 0.191 e. The molecular weight excluding hydrogens is 380 g/mol. The van der Waals surface area contributed by atoms with Crippen LogP contribution >= 0.6 is 22.9 Å². The van der Waals surface area contributed by atoms with Gasteiger partial charge >= 0.3 is 0 Å². The first-order valence-electron chi connectivity index (χ1n) is 9.15. The fraction of sp³-hybridized carbons (Fsp3) is 0.474. The number of thiazole rings is 1. The Kier molecular flexibility index (Phi) is 6.79. The number of piperidine rings is 1. The molecule has 2 aromatic rings. The maximum absolute atomic E-state index is 6.37. The van der Waals surface area contributed by atoms with Gasteiger partial charge in [0.05, 0.1) is 22.9 Å². The summed E-state index contributed by atoms with van der Waals surface area (Å²) in [7, 11) is 5.81. The quantitative estimate of drug-likeness (QED) is 0.590. The van der Waals surface area contributed by atoms with Gasteiger partial charge in [-0.05, 0) is 25.0 Å². The van der Waals surface area contributed by atoms with Gasteiger partial charge in [-0.25, -0.2) is 4.98 Å². The summed E-state index contributed by atoms with van der Waals surface area (Å²) in [6.07, 6.45) is 2.24. The lowest BCUT2D eigenvalue weighted by Gasteiger charge is -2.35. The topological polar surface area (TPSA) is 55.8 Å². The molecule has 0 bridgehead atoms. The van der Waals surface area contributed by atoms with Crippen molar-refractivity contribution >= 4 is 39.7 Å². The highest BCUT2D eigenvalue weighted by Gasteiger charge is 2.22. The molecule has 1 saturated heterocycles. The van der Waals surface area contributed by atoms with E-state index < -0.39 is 0 Å². The summed E-state index contributed by atoms with van der Waals surface area (Å²) < 4.78 is 0. The van der Waals surface area contributed by atoms with Crippen LogP contribution < -0.4 is 20.4 Å². The first-order valence-corrected chi connectivity index (χ1v) is 10.4. The number of guanidine groups is 1. The molecule has 1 unspecified atom stereocenters. The summed E-state index contributed by atoms with van der Waals surface area (Å²) in [5, 5.41) is 10.8. The van der Waals surface area contributed by atoms with Crippen molar-refractivity contribution in [1.29, 1.82) is 0 Å². The maximum atomic E-state index is 6.37. The van der Waals surface area contributed by atoms with Crippen molar-refractivity contribution in [3.63, 3.8) is 0 Å². The minimum absolute atomic E-state index is 0.328. The molecule has 0 radical (unpaired) electrons. The predicted octanol–water partition coefficient (Wildman–Crippen LogP) is 3.20. The maximum Gasteiger partial charge on any atom is 0.191 e. The number of rotatable bonds is 5. The zero-order valence-corrected chi connectivity index (χ0v) is 17.6. The van der Waals surface area contributed by atoms with Crippen LogP contribution in [0.5, 0.6) is 0 Å². The Labute approximate surface area is 170 Å². The Morgan fingerprint density at radius 3 is 2.93 bits per heavy atom. The first-order chi connectivity index (χ1) is 13.1. The van der Waals surface area contributed by atoms with E-state index in [1.54, 1.807) is 18.4 Å². The molecule has 1 aliphatic rings. The van der Waals surface area contributed by atoms with Crippen molar-refractivity contribution in [3.8, 4) is 0 Å². The highest BCUT2D eigenvalue weighted by Crippen LogP contribution is 2.27. The van der Waals surface area contributed by atoms with Gasteiger partial charge < -0.3 is 20.4 Å². The molecule has 1 aromatic carbocycles. The third-order valence-corrected chi connectivity index (χ3v) is 5.91. The molecule has 1 aromatic heterocycles. The molecule has 2 heterocycles. The average Bonchev–Trinajstić information content (AvgIpc) is 3.15. The molecule has 146 valence electrons. The standard InChI is InChI=1S/C19H27ClN6S/c1-21-18(22-11-15-13-27-19(24-15)25(2)3)23-14-7-6-10-26(12-14)17-9-5-4-8-16(17)20/h4-5,8-9,13-14H,6-7,10-12H2,1-3H3,(H2,21,22,23). The second kappa shape index (κ2) is 9.28. The van der Waals surface area contributed by atoms with Crippen LogP contribution in [0.15, 0.2) is 34.6 Å². The van der Waals surface area contributed by atoms with Crippen LogP contribution in [0.3, 0.4) is 0 Å². The van der Waals surface area contributed by atoms with Crippen molar-refractivity contribution in [2.75, 3.05) is 44.0 Å². The molecular formula is C19H27ClN6S. The Morgan fingerprint density at radius 1 is 1.41 bits per heavy atom. The number of anilines is 2. The third kappa shape index (κ3) is 5.26. The number of hydrogen-bond donors (Lipinski definition) is 2. The summed E-state index contributed by atoms with van der Waals surface area (Å²) >= 11 is 8.02. The molecule has 8 heteroatoms. The van der Waals surface area contributed by atoms with Gasteiger partial charge in [-0.3, -0.25) is 4.99 Å². The lowest BCUT2D eigenvalue weighted by molar-refractivity contribution is 0.468. The van der Waals surface area contributed by atoms with Gasteiger partial charge in [-0.1, -0.05) is 23.7 Å². The van der Waals surface area contributed by atoms with E-state index in [4.69, 9.17) is 11.6 Å². The van der Waals surface area contributed by atoms with E-state index >= 15 is 0 Å². The summed E-state index contributed by atoms with van der Waals surface area (Å²) in [5.74, 6) is 0.806. The molecule has 6 nitrogen and oxygen atoms in total. The van der Waals surface area contributed by atoms with Crippen molar-refractivity contribution in [1.82, 2.24) is 15.6 Å². The second-order valence-corrected chi connectivity index (χ2v) is 8.07. The lowest BCUT2D eigenvalue weighted by atomic mass is 10.0. The Morgan fingerprint density at radius 2 is 2.22 bits per heavy atom. The SMILES string of the molecule is CN=C(NCc1csc(N(C)C)n1)NC1CCCN(c2ccccc2Cl)C1. The predicted molar refractivity (Wildman–Crippen MR) is 116 cm³/mol. The summed E-state index contributed by atoms with van der Waals surface area (Å²) in [4.78, 5) is 13.3. The number of nitrogens with zero attached hydrogens (tertiary/aromatic N) is 4. The molecule has 0 saturated carbocycles. The van der Waals surface area contributed by atoms with E-state index in [1.165, 1.54) is 0 Å². The number of benzene rings is 1. The molecule has 0 spiro atoms. The fourth-order valence-corrected chi connectivity index (χ4v) is 4.18. The van der Waals surface area contributed by atoms with Gasteiger partial charge in [0.2, 0.25) is 0 Å². The second-order valence-electron chi connectivity index (χ2n) is 6.82. The fourth-order valence-electron chi connectivity index (χ4n) is 3.17. The normalized spacial score (nSPS) is 17.7. The van der Waals surface area contributed by atoms with E-state index in [-0.39, 0.29) is 0 Å². The minimum Gasteiger partial charge on any atom is -0.368 e. The molecule has 0 aliphatic carbocycles. The van der Waals surface area contributed by atoms with E-state index in [0.29, 0.717) is 12.6 Å². The number of aliphatic imine (C=N–C) groups is 1. The minimum atomic E-state index is 0.328. The molecule has 3 rings (SSSR count). The number of para-hydroxylation sites is 1. The molecule has 1 fully saturated rings. The monoisotopic (exact) mass is 406 g/mol. The van der Waals surface area contributed by atoms with Gasteiger partial charge in [-0.15, -0.1) is 11.3 Å². The number of halogens is 1. The zero-order chi connectivity index (χ0) is 19.2. The molecule has 1 atom stereocenters. The summed E-state index contributed by atoms with van der Waals surface area (Å²) in [6.45, 7) is 2.59. The first kappa shape index (κ1) is 19.8. The van der Waals surface area contributed by atoms with E-state index in [2.05, 4.69) is 37.0 Å². The van der Waals surface area contributed by atoms with Crippen molar-refractivity contribution in [2.24, 2.45) is 4.99 Å². The largest absolute Gasteiger partial charge is 0.368 e. The van der Waals surface area contributed by atoms with E-state index in [0.717, 1.165) is 53.4 Å². The molecule has 2 N–H and O–H groups in total. The highest BCUT2D eigenvalue weighted by molar-refractivity contribution is 7.13. The van der Waals surface area contributed by atoms with Gasteiger partial charge in [0.1, 0.15) is 0 Å². The van der Waals surface area contributed by atoms with Crippen LogP contribution in [0.2, 0.25) is 5.02 Å². The van der Waals surface area contributed by atoms with Crippen LogP contribution in [0, 0.1) is 0 Å². The van der Waals surface area contributed by atoms with Crippen molar-refractivity contribution < 1.29 is 0 Å². The highest BCUT2D eigenvalue weighted by atomic mass is 35.5. The third-order valence-electron chi connectivity index (χ3n) is 4.54. The Hall–Kier alpha value is -1.99. The van der Waals surface area contributed by atoms with Crippen LogP contribution in [-0.2, 0) is 6.54 Å².